The van der Waals surface area contributed by atoms with Crippen LogP contribution >= 0.6 is 11.8 Å². The standard InChI is InChI=1S/C24H31N3S/c1-3-10-23-21(8-1)27(22-9-2-4-11-24(22)28-23)17-7-14-25-18-12-20(13-19-25)26-15-5-6-16-26/h1-4,8-11,20H,5-7,12-19H2. The zero-order chi connectivity index (χ0) is 18.8. The van der Waals surface area contributed by atoms with Crippen molar-refractivity contribution in [3.8, 4) is 0 Å². The van der Waals surface area contributed by atoms with E-state index in [0.29, 0.717) is 0 Å². The molecule has 0 spiro atoms. The summed E-state index contributed by atoms with van der Waals surface area (Å²) >= 11 is 1.90. The molecule has 2 aromatic carbocycles. The van der Waals surface area contributed by atoms with Crippen LogP contribution < -0.4 is 4.90 Å². The Morgan fingerprint density at radius 2 is 1.36 bits per heavy atom. The molecule has 0 unspecified atom stereocenters. The van der Waals surface area contributed by atoms with E-state index in [1.54, 1.807) is 0 Å². The largest absolute Gasteiger partial charge is 0.340 e. The Morgan fingerprint density at radius 1 is 0.750 bits per heavy atom. The van der Waals surface area contributed by atoms with E-state index < -0.39 is 0 Å². The lowest BCUT2D eigenvalue weighted by Gasteiger charge is -2.37. The summed E-state index contributed by atoms with van der Waals surface area (Å²) in [4.78, 5) is 10.7. The minimum atomic E-state index is 0.858. The summed E-state index contributed by atoms with van der Waals surface area (Å²) in [6.45, 7) is 7.57. The first kappa shape index (κ1) is 18.5. The van der Waals surface area contributed by atoms with Crippen LogP contribution in [-0.4, -0.2) is 55.1 Å². The van der Waals surface area contributed by atoms with Gasteiger partial charge in [-0.25, -0.2) is 0 Å². The second-order valence-corrected chi connectivity index (χ2v) is 9.44. The minimum Gasteiger partial charge on any atom is -0.340 e. The van der Waals surface area contributed by atoms with Gasteiger partial charge in [0.25, 0.3) is 0 Å². The van der Waals surface area contributed by atoms with Gasteiger partial charge in [0.05, 0.1) is 11.4 Å². The Kier molecular flexibility index (Phi) is 5.61. The second-order valence-electron chi connectivity index (χ2n) is 8.36. The fourth-order valence-corrected chi connectivity index (χ4v) is 6.19. The maximum atomic E-state index is 2.75. The van der Waals surface area contributed by atoms with Gasteiger partial charge in [-0.2, -0.15) is 0 Å². The number of likely N-dealkylation sites (tertiary alicyclic amines) is 2. The molecule has 0 atom stereocenters. The highest BCUT2D eigenvalue weighted by Gasteiger charge is 2.27. The second kappa shape index (κ2) is 8.48. The average Bonchev–Trinajstić information content (AvgIpc) is 3.29. The monoisotopic (exact) mass is 393 g/mol. The highest BCUT2D eigenvalue weighted by Crippen LogP contribution is 2.47. The zero-order valence-corrected chi connectivity index (χ0v) is 17.5. The van der Waals surface area contributed by atoms with Crippen molar-refractivity contribution >= 4 is 23.1 Å². The average molecular weight is 394 g/mol. The predicted molar refractivity (Wildman–Crippen MR) is 119 cm³/mol. The van der Waals surface area contributed by atoms with Crippen LogP contribution in [0.4, 0.5) is 11.4 Å². The number of hydrogen-bond acceptors (Lipinski definition) is 4. The molecule has 0 aromatic heterocycles. The molecule has 3 nitrogen and oxygen atoms in total. The summed E-state index contributed by atoms with van der Waals surface area (Å²) in [5.41, 5.74) is 2.75. The van der Waals surface area contributed by atoms with E-state index in [0.717, 1.165) is 12.6 Å². The Bertz CT molecular complexity index is 748. The van der Waals surface area contributed by atoms with Gasteiger partial charge in [-0.3, -0.25) is 0 Å². The maximum absolute atomic E-state index is 2.75. The fourth-order valence-electron chi connectivity index (χ4n) is 5.09. The molecule has 3 aliphatic rings. The molecule has 148 valence electrons. The van der Waals surface area contributed by atoms with E-state index in [9.17, 15) is 0 Å². The maximum Gasteiger partial charge on any atom is 0.0552 e. The van der Waals surface area contributed by atoms with Crippen molar-refractivity contribution in [3.63, 3.8) is 0 Å². The molecule has 2 aromatic rings. The zero-order valence-electron chi connectivity index (χ0n) is 16.7. The van der Waals surface area contributed by atoms with Gasteiger partial charge in [0.1, 0.15) is 0 Å². The van der Waals surface area contributed by atoms with Crippen LogP contribution in [0.25, 0.3) is 0 Å². The van der Waals surface area contributed by atoms with E-state index in [4.69, 9.17) is 0 Å². The van der Waals surface area contributed by atoms with E-state index in [2.05, 4.69) is 63.2 Å². The van der Waals surface area contributed by atoms with Crippen LogP contribution in [0.2, 0.25) is 0 Å². The number of fused-ring (bicyclic) bond motifs is 2. The van der Waals surface area contributed by atoms with Gasteiger partial charge in [-0.05, 0) is 89.1 Å². The van der Waals surface area contributed by atoms with Gasteiger partial charge in [0, 0.05) is 22.4 Å². The third-order valence-corrected chi connectivity index (χ3v) is 7.73. The first-order chi connectivity index (χ1) is 13.9. The van der Waals surface area contributed by atoms with Gasteiger partial charge in [0.15, 0.2) is 0 Å². The third kappa shape index (κ3) is 3.83. The number of anilines is 2. The number of hydrogen-bond donors (Lipinski definition) is 0. The number of piperidine rings is 1. The molecule has 4 heteroatoms. The van der Waals surface area contributed by atoms with Gasteiger partial charge in [-0.15, -0.1) is 0 Å². The molecule has 0 radical (unpaired) electrons. The van der Waals surface area contributed by atoms with Crippen LogP contribution in [0.15, 0.2) is 58.3 Å². The molecule has 0 saturated carbocycles. The fraction of sp³-hybridized carbons (Fsp3) is 0.500. The van der Waals surface area contributed by atoms with Gasteiger partial charge >= 0.3 is 0 Å². The highest BCUT2D eigenvalue weighted by atomic mass is 32.2. The lowest BCUT2D eigenvalue weighted by atomic mass is 10.0. The number of para-hydroxylation sites is 2. The first-order valence-corrected chi connectivity index (χ1v) is 11.8. The Labute approximate surface area is 173 Å². The minimum absolute atomic E-state index is 0.858. The van der Waals surface area contributed by atoms with E-state index in [-0.39, 0.29) is 0 Å². The highest BCUT2D eigenvalue weighted by molar-refractivity contribution is 7.99. The van der Waals surface area contributed by atoms with Crippen molar-refractivity contribution in [1.29, 1.82) is 0 Å². The smallest absolute Gasteiger partial charge is 0.0552 e. The van der Waals surface area contributed by atoms with Gasteiger partial charge in [-0.1, -0.05) is 36.0 Å². The molecule has 2 fully saturated rings. The molecule has 0 N–H and O–H groups in total. The van der Waals surface area contributed by atoms with Crippen LogP contribution in [0, 0.1) is 0 Å². The molecule has 2 saturated heterocycles. The van der Waals surface area contributed by atoms with Gasteiger partial charge in [0.2, 0.25) is 0 Å². The Hall–Kier alpha value is -1.49. The molecule has 28 heavy (non-hydrogen) atoms. The SMILES string of the molecule is c1ccc2c(c1)Sc1ccccc1N2CCCN1CCC(N2CCCC2)CC1. The van der Waals surface area contributed by atoms with Crippen LogP contribution in [0.1, 0.15) is 32.1 Å². The van der Waals surface area contributed by atoms with E-state index >= 15 is 0 Å². The van der Waals surface area contributed by atoms with Crippen molar-refractivity contribution in [3.05, 3.63) is 48.5 Å². The van der Waals surface area contributed by atoms with Crippen molar-refractivity contribution in [2.75, 3.05) is 44.2 Å². The summed E-state index contributed by atoms with van der Waals surface area (Å²) in [7, 11) is 0. The summed E-state index contributed by atoms with van der Waals surface area (Å²) < 4.78 is 0. The normalized spacial score (nSPS) is 20.9. The van der Waals surface area contributed by atoms with E-state index in [1.165, 1.54) is 86.0 Å². The summed E-state index contributed by atoms with van der Waals surface area (Å²) in [5.74, 6) is 0. The lowest BCUT2D eigenvalue weighted by Crippen LogP contribution is -2.44. The molecule has 3 heterocycles. The predicted octanol–water partition coefficient (Wildman–Crippen LogP) is 5.24. The number of rotatable bonds is 5. The molecule has 3 aliphatic heterocycles. The topological polar surface area (TPSA) is 9.72 Å². The molecular formula is C24H31N3S. The summed E-state index contributed by atoms with van der Waals surface area (Å²) in [6, 6.07) is 18.6. The molecule has 5 rings (SSSR count). The molecule has 0 amide bonds. The quantitative estimate of drug-likeness (QED) is 0.687. The first-order valence-electron chi connectivity index (χ1n) is 11.0. The van der Waals surface area contributed by atoms with Crippen molar-refractivity contribution in [2.45, 2.75) is 47.9 Å². The van der Waals surface area contributed by atoms with Gasteiger partial charge < -0.3 is 14.7 Å². The summed E-state index contributed by atoms with van der Waals surface area (Å²) in [6.07, 6.45) is 6.79. The molecular weight excluding hydrogens is 362 g/mol. The van der Waals surface area contributed by atoms with Crippen molar-refractivity contribution in [2.24, 2.45) is 0 Å². The molecule has 0 bridgehead atoms. The summed E-state index contributed by atoms with van der Waals surface area (Å²) in [5, 5.41) is 0. The number of benzene rings is 2. The van der Waals surface area contributed by atoms with Crippen LogP contribution in [-0.2, 0) is 0 Å². The van der Waals surface area contributed by atoms with Crippen LogP contribution in [0.5, 0.6) is 0 Å². The van der Waals surface area contributed by atoms with Crippen LogP contribution in [0.3, 0.4) is 0 Å². The van der Waals surface area contributed by atoms with Crippen molar-refractivity contribution < 1.29 is 0 Å². The lowest BCUT2D eigenvalue weighted by molar-refractivity contribution is 0.126. The van der Waals surface area contributed by atoms with E-state index in [1.807, 2.05) is 11.8 Å². The Morgan fingerprint density at radius 3 is 2.00 bits per heavy atom. The van der Waals surface area contributed by atoms with Crippen molar-refractivity contribution in [1.82, 2.24) is 9.80 Å². The number of nitrogens with zero attached hydrogens (tertiary/aromatic N) is 3. The molecule has 0 aliphatic carbocycles. The third-order valence-electron chi connectivity index (χ3n) is 6.60. The Balaban J connectivity index is 1.18.